The first kappa shape index (κ1) is 22.0. The van der Waals surface area contributed by atoms with Gasteiger partial charge in [0.25, 0.3) is 11.6 Å². The number of thiocarbonyl (C=S) groups is 1. The lowest BCUT2D eigenvalue weighted by molar-refractivity contribution is -0.385. The number of anilines is 1. The van der Waals surface area contributed by atoms with Crippen molar-refractivity contribution in [1.82, 2.24) is 5.32 Å². The van der Waals surface area contributed by atoms with Gasteiger partial charge in [-0.05, 0) is 55.9 Å². The van der Waals surface area contributed by atoms with E-state index in [1.807, 2.05) is 6.92 Å². The summed E-state index contributed by atoms with van der Waals surface area (Å²) < 4.78 is 5.14. The van der Waals surface area contributed by atoms with E-state index in [1.165, 1.54) is 25.1 Å². The standard InChI is InChI=1S/C20H21N3O5S/c1-3-4-12-28-19(25)14-8-10-15(11-9-14)21-20(29)22-18(24)16-6-5-7-17(13(16)2)23(26)27/h5-11H,3-4,12H2,1-2H3,(H2,21,22,24,29). The number of esters is 1. The van der Waals surface area contributed by atoms with Gasteiger partial charge in [-0.15, -0.1) is 0 Å². The average Bonchev–Trinajstić information content (AvgIpc) is 2.68. The summed E-state index contributed by atoms with van der Waals surface area (Å²) in [4.78, 5) is 34.7. The van der Waals surface area contributed by atoms with E-state index >= 15 is 0 Å². The fourth-order valence-corrected chi connectivity index (χ4v) is 2.69. The minimum absolute atomic E-state index is 0.0270. The predicted octanol–water partition coefficient (Wildman–Crippen LogP) is 3.99. The monoisotopic (exact) mass is 415 g/mol. The number of nitro groups is 1. The fourth-order valence-electron chi connectivity index (χ4n) is 2.48. The van der Waals surface area contributed by atoms with E-state index in [4.69, 9.17) is 17.0 Å². The number of amides is 1. The van der Waals surface area contributed by atoms with Crippen LogP contribution in [-0.2, 0) is 4.74 Å². The van der Waals surface area contributed by atoms with Crippen LogP contribution in [0.3, 0.4) is 0 Å². The highest BCUT2D eigenvalue weighted by Crippen LogP contribution is 2.21. The van der Waals surface area contributed by atoms with Gasteiger partial charge in [0, 0.05) is 22.9 Å². The second-order valence-electron chi connectivity index (χ2n) is 6.18. The summed E-state index contributed by atoms with van der Waals surface area (Å²) in [6, 6.07) is 10.7. The summed E-state index contributed by atoms with van der Waals surface area (Å²) >= 11 is 5.13. The molecule has 0 radical (unpaired) electrons. The van der Waals surface area contributed by atoms with Crippen LogP contribution in [0.1, 0.15) is 46.0 Å². The Kier molecular flexibility index (Phi) is 7.79. The van der Waals surface area contributed by atoms with Crippen molar-refractivity contribution in [3.8, 4) is 0 Å². The molecule has 2 N–H and O–H groups in total. The number of carbonyl (C=O) groups is 2. The summed E-state index contributed by atoms with van der Waals surface area (Å²) in [7, 11) is 0. The number of ether oxygens (including phenoxy) is 1. The zero-order valence-electron chi connectivity index (χ0n) is 16.1. The first-order valence-electron chi connectivity index (χ1n) is 8.97. The molecular formula is C20H21N3O5S. The van der Waals surface area contributed by atoms with Crippen LogP contribution in [0, 0.1) is 17.0 Å². The smallest absolute Gasteiger partial charge is 0.338 e. The first-order chi connectivity index (χ1) is 13.8. The molecule has 2 rings (SSSR count). The molecule has 0 bridgehead atoms. The van der Waals surface area contributed by atoms with Crippen LogP contribution < -0.4 is 10.6 Å². The Morgan fingerprint density at radius 1 is 1.17 bits per heavy atom. The highest BCUT2D eigenvalue weighted by Gasteiger charge is 2.18. The number of rotatable bonds is 7. The second-order valence-corrected chi connectivity index (χ2v) is 6.59. The Balaban J connectivity index is 1.97. The number of nitrogens with zero attached hydrogens (tertiary/aromatic N) is 1. The molecule has 0 atom stereocenters. The minimum atomic E-state index is -0.556. The fraction of sp³-hybridized carbons (Fsp3) is 0.250. The van der Waals surface area contributed by atoms with Crippen LogP contribution in [0.25, 0.3) is 0 Å². The quantitative estimate of drug-likeness (QED) is 0.231. The maximum absolute atomic E-state index is 12.4. The van der Waals surface area contributed by atoms with Crippen molar-refractivity contribution < 1.29 is 19.2 Å². The Bertz CT molecular complexity index is 928. The van der Waals surface area contributed by atoms with Gasteiger partial charge < -0.3 is 10.1 Å². The topological polar surface area (TPSA) is 111 Å². The Morgan fingerprint density at radius 3 is 2.48 bits per heavy atom. The molecule has 0 fully saturated rings. The van der Waals surface area contributed by atoms with Crippen molar-refractivity contribution in [3.63, 3.8) is 0 Å². The summed E-state index contributed by atoms with van der Waals surface area (Å²) in [5.74, 6) is -0.957. The van der Waals surface area contributed by atoms with Gasteiger partial charge in [-0.2, -0.15) is 0 Å². The lowest BCUT2D eigenvalue weighted by atomic mass is 10.1. The summed E-state index contributed by atoms with van der Waals surface area (Å²) in [6.07, 6.45) is 1.75. The van der Waals surface area contributed by atoms with Gasteiger partial charge in [0.05, 0.1) is 17.1 Å². The van der Waals surface area contributed by atoms with E-state index in [1.54, 1.807) is 24.3 Å². The lowest BCUT2D eigenvalue weighted by Gasteiger charge is -2.11. The molecule has 0 aliphatic carbocycles. The maximum atomic E-state index is 12.4. The molecule has 8 nitrogen and oxygen atoms in total. The molecular weight excluding hydrogens is 394 g/mol. The molecule has 0 aromatic heterocycles. The molecule has 9 heteroatoms. The SMILES string of the molecule is CCCCOC(=O)c1ccc(NC(=S)NC(=O)c2cccc([N+](=O)[O-])c2C)cc1. The zero-order chi connectivity index (χ0) is 21.4. The maximum Gasteiger partial charge on any atom is 0.338 e. The minimum Gasteiger partial charge on any atom is -0.462 e. The molecule has 1 amide bonds. The van der Waals surface area contributed by atoms with Crippen molar-refractivity contribution in [2.45, 2.75) is 26.7 Å². The number of hydrogen-bond donors (Lipinski definition) is 2. The third-order valence-corrected chi connectivity index (χ3v) is 4.29. The van der Waals surface area contributed by atoms with E-state index in [0.29, 0.717) is 17.9 Å². The van der Waals surface area contributed by atoms with Gasteiger partial charge in [0.2, 0.25) is 0 Å². The molecule has 152 valence electrons. The van der Waals surface area contributed by atoms with Crippen LogP contribution in [0.4, 0.5) is 11.4 Å². The molecule has 0 saturated carbocycles. The average molecular weight is 415 g/mol. The van der Waals surface area contributed by atoms with E-state index in [0.717, 1.165) is 12.8 Å². The van der Waals surface area contributed by atoms with Gasteiger partial charge >= 0.3 is 5.97 Å². The second kappa shape index (κ2) is 10.3. The van der Waals surface area contributed by atoms with E-state index in [9.17, 15) is 19.7 Å². The summed E-state index contributed by atoms with van der Waals surface area (Å²) in [6.45, 7) is 3.89. The molecule has 0 heterocycles. The van der Waals surface area contributed by atoms with Crippen molar-refractivity contribution >= 4 is 40.6 Å². The number of carbonyl (C=O) groups excluding carboxylic acids is 2. The van der Waals surface area contributed by atoms with Gasteiger partial charge in [0.1, 0.15) is 0 Å². The largest absolute Gasteiger partial charge is 0.462 e. The van der Waals surface area contributed by atoms with E-state index < -0.39 is 16.8 Å². The number of nitrogens with one attached hydrogen (secondary N) is 2. The molecule has 2 aromatic rings. The van der Waals surface area contributed by atoms with Gasteiger partial charge in [-0.3, -0.25) is 20.2 Å². The van der Waals surface area contributed by atoms with Crippen LogP contribution in [0.2, 0.25) is 0 Å². The third-order valence-electron chi connectivity index (χ3n) is 4.08. The summed E-state index contributed by atoms with van der Waals surface area (Å²) in [5.41, 5.74) is 1.25. The van der Waals surface area contributed by atoms with Crippen molar-refractivity contribution in [2.75, 3.05) is 11.9 Å². The summed E-state index contributed by atoms with van der Waals surface area (Å²) in [5, 5.41) is 16.4. The van der Waals surface area contributed by atoms with Gasteiger partial charge in [-0.25, -0.2) is 4.79 Å². The Hall–Kier alpha value is -3.33. The van der Waals surface area contributed by atoms with Crippen molar-refractivity contribution in [2.24, 2.45) is 0 Å². The molecule has 2 aromatic carbocycles. The third kappa shape index (κ3) is 6.08. The Morgan fingerprint density at radius 2 is 1.86 bits per heavy atom. The highest BCUT2D eigenvalue weighted by molar-refractivity contribution is 7.80. The van der Waals surface area contributed by atoms with Crippen LogP contribution in [0.15, 0.2) is 42.5 Å². The number of hydrogen-bond acceptors (Lipinski definition) is 6. The first-order valence-corrected chi connectivity index (χ1v) is 9.37. The Labute approximate surface area is 173 Å². The number of unbranched alkanes of at least 4 members (excludes halogenated alkanes) is 1. The van der Waals surface area contributed by atoms with Crippen LogP contribution >= 0.6 is 12.2 Å². The molecule has 0 aliphatic heterocycles. The molecule has 0 unspecified atom stereocenters. The predicted molar refractivity (Wildman–Crippen MR) is 113 cm³/mol. The van der Waals surface area contributed by atoms with Gasteiger partial charge in [-0.1, -0.05) is 19.4 Å². The number of benzene rings is 2. The van der Waals surface area contributed by atoms with E-state index in [2.05, 4.69) is 10.6 Å². The number of nitro benzene ring substituents is 1. The van der Waals surface area contributed by atoms with Crippen molar-refractivity contribution in [3.05, 3.63) is 69.3 Å². The normalized spacial score (nSPS) is 10.1. The van der Waals surface area contributed by atoms with Crippen LogP contribution in [-0.4, -0.2) is 28.5 Å². The zero-order valence-corrected chi connectivity index (χ0v) is 16.9. The van der Waals surface area contributed by atoms with Crippen LogP contribution in [0.5, 0.6) is 0 Å². The molecule has 29 heavy (non-hydrogen) atoms. The lowest BCUT2D eigenvalue weighted by Crippen LogP contribution is -2.34. The van der Waals surface area contributed by atoms with Crippen molar-refractivity contribution in [1.29, 1.82) is 0 Å². The van der Waals surface area contributed by atoms with E-state index in [-0.39, 0.29) is 21.9 Å². The van der Waals surface area contributed by atoms with Gasteiger partial charge in [0.15, 0.2) is 5.11 Å². The highest BCUT2D eigenvalue weighted by atomic mass is 32.1. The molecule has 0 aliphatic rings. The molecule has 0 saturated heterocycles. The molecule has 0 spiro atoms.